The lowest BCUT2D eigenvalue weighted by atomic mass is 10.1. The second-order valence-corrected chi connectivity index (χ2v) is 4.91. The van der Waals surface area contributed by atoms with Gasteiger partial charge in [-0.2, -0.15) is 0 Å². The lowest BCUT2D eigenvalue weighted by molar-refractivity contribution is -0.143. The number of benzene rings is 1. The molecule has 0 heterocycles. The van der Waals surface area contributed by atoms with E-state index in [-0.39, 0.29) is 11.9 Å². The highest BCUT2D eigenvalue weighted by molar-refractivity contribution is 5.73. The van der Waals surface area contributed by atoms with E-state index in [9.17, 15) is 9.59 Å². The molecule has 0 aliphatic heterocycles. The van der Waals surface area contributed by atoms with Crippen molar-refractivity contribution in [3.05, 3.63) is 24.3 Å². The molecular weight excluding hydrogens is 284 g/mol. The van der Waals surface area contributed by atoms with Crippen molar-refractivity contribution in [2.75, 3.05) is 13.7 Å². The minimum atomic E-state index is -0.293. The van der Waals surface area contributed by atoms with Gasteiger partial charge in [-0.1, -0.05) is 25.5 Å². The molecule has 22 heavy (non-hydrogen) atoms. The Morgan fingerprint density at radius 1 is 0.955 bits per heavy atom. The van der Waals surface area contributed by atoms with Crippen LogP contribution in [0.4, 0.5) is 0 Å². The average Bonchev–Trinajstić information content (AvgIpc) is 2.53. The normalized spacial score (nSPS) is 10.1. The summed E-state index contributed by atoms with van der Waals surface area (Å²) in [6, 6.07) is 7.03. The quantitative estimate of drug-likeness (QED) is 0.376. The van der Waals surface area contributed by atoms with Crippen LogP contribution in [-0.4, -0.2) is 25.7 Å². The van der Waals surface area contributed by atoms with Gasteiger partial charge in [0.05, 0.1) is 13.7 Å². The van der Waals surface area contributed by atoms with Crippen molar-refractivity contribution in [3.8, 4) is 11.5 Å². The van der Waals surface area contributed by atoms with Gasteiger partial charge in [0.15, 0.2) is 11.5 Å². The highest BCUT2D eigenvalue weighted by Crippen LogP contribution is 2.26. The molecule has 0 aliphatic rings. The van der Waals surface area contributed by atoms with Gasteiger partial charge in [-0.3, -0.25) is 9.59 Å². The van der Waals surface area contributed by atoms with Crippen LogP contribution in [0.15, 0.2) is 24.3 Å². The number of hydrogen-bond donors (Lipinski definition) is 0. The Labute approximate surface area is 131 Å². The van der Waals surface area contributed by atoms with Gasteiger partial charge in [0.25, 0.3) is 0 Å². The fraction of sp³-hybridized carbons (Fsp3) is 0.529. The van der Waals surface area contributed by atoms with Crippen molar-refractivity contribution in [2.45, 2.75) is 45.4 Å². The molecule has 5 nitrogen and oxygen atoms in total. The lowest BCUT2D eigenvalue weighted by Gasteiger charge is -2.08. The molecule has 0 amide bonds. The number of unbranched alkanes of at least 4 members (excludes halogenated alkanes) is 2. The van der Waals surface area contributed by atoms with Crippen molar-refractivity contribution < 1.29 is 23.8 Å². The fourth-order valence-corrected chi connectivity index (χ4v) is 1.88. The summed E-state index contributed by atoms with van der Waals surface area (Å²) in [5.74, 6) is 0.504. The number of para-hydroxylation sites is 2. The number of carbonyl (C=O) groups excluding carboxylic acids is 2. The predicted octanol–water partition coefficient (Wildman–Crippen LogP) is 3.50. The second kappa shape index (κ2) is 10.7. The number of ether oxygens (including phenoxy) is 3. The molecule has 0 aliphatic carbocycles. The number of esters is 2. The first-order valence-corrected chi connectivity index (χ1v) is 7.66. The van der Waals surface area contributed by atoms with E-state index in [1.165, 1.54) is 7.11 Å². The van der Waals surface area contributed by atoms with Crippen molar-refractivity contribution in [2.24, 2.45) is 0 Å². The smallest absolute Gasteiger partial charge is 0.311 e. The Hall–Kier alpha value is -2.04. The van der Waals surface area contributed by atoms with Gasteiger partial charge in [-0.25, -0.2) is 0 Å². The first-order chi connectivity index (χ1) is 10.7. The van der Waals surface area contributed by atoms with Crippen LogP contribution in [0.1, 0.15) is 45.4 Å². The Morgan fingerprint density at radius 3 is 2.23 bits per heavy atom. The fourth-order valence-electron chi connectivity index (χ4n) is 1.88. The first kappa shape index (κ1) is 18.0. The predicted molar refractivity (Wildman–Crippen MR) is 83.0 cm³/mol. The summed E-state index contributed by atoms with van der Waals surface area (Å²) < 4.78 is 15.4. The Kier molecular flexibility index (Phi) is 8.72. The molecule has 1 aromatic rings. The Morgan fingerprint density at radius 2 is 1.59 bits per heavy atom. The summed E-state index contributed by atoms with van der Waals surface area (Å²) in [5, 5.41) is 0. The van der Waals surface area contributed by atoms with Crippen molar-refractivity contribution >= 4 is 11.9 Å². The molecule has 0 unspecified atom stereocenters. The topological polar surface area (TPSA) is 61.8 Å². The van der Waals surface area contributed by atoms with Crippen LogP contribution in [0.5, 0.6) is 11.5 Å². The summed E-state index contributed by atoms with van der Waals surface area (Å²) in [6.07, 6.45) is 3.77. The maximum absolute atomic E-state index is 11.7. The van der Waals surface area contributed by atoms with Crippen molar-refractivity contribution in [3.63, 3.8) is 0 Å². The van der Waals surface area contributed by atoms with Crippen LogP contribution < -0.4 is 9.47 Å². The monoisotopic (exact) mass is 308 g/mol. The summed E-state index contributed by atoms with van der Waals surface area (Å²) in [5.41, 5.74) is 0. The van der Waals surface area contributed by atoms with Gasteiger partial charge in [0.1, 0.15) is 0 Å². The van der Waals surface area contributed by atoms with Crippen LogP contribution in [0, 0.1) is 0 Å². The van der Waals surface area contributed by atoms with E-state index in [1.807, 2.05) is 13.0 Å². The van der Waals surface area contributed by atoms with Crippen LogP contribution in [0.3, 0.4) is 0 Å². The summed E-state index contributed by atoms with van der Waals surface area (Å²) >= 11 is 0. The van der Waals surface area contributed by atoms with Gasteiger partial charge in [-0.05, 0) is 31.4 Å². The lowest BCUT2D eigenvalue weighted by Crippen LogP contribution is -2.08. The van der Waals surface area contributed by atoms with Crippen LogP contribution in [-0.2, 0) is 14.3 Å². The molecule has 1 rings (SSSR count). The molecule has 122 valence electrons. The van der Waals surface area contributed by atoms with E-state index in [4.69, 9.17) is 14.2 Å². The third kappa shape index (κ3) is 7.11. The minimum Gasteiger partial charge on any atom is -0.493 e. The molecule has 0 radical (unpaired) electrons. The molecule has 0 saturated heterocycles. The average molecular weight is 308 g/mol. The van der Waals surface area contributed by atoms with Gasteiger partial charge >= 0.3 is 11.9 Å². The minimum absolute atomic E-state index is 0.168. The molecule has 1 aromatic carbocycles. The van der Waals surface area contributed by atoms with E-state index in [0.717, 1.165) is 19.3 Å². The van der Waals surface area contributed by atoms with Gasteiger partial charge in [-0.15, -0.1) is 0 Å². The van der Waals surface area contributed by atoms with E-state index in [1.54, 1.807) is 18.2 Å². The second-order valence-electron chi connectivity index (χ2n) is 4.91. The number of hydrogen-bond acceptors (Lipinski definition) is 5. The van der Waals surface area contributed by atoms with Crippen LogP contribution in [0.2, 0.25) is 0 Å². The third-order valence-corrected chi connectivity index (χ3v) is 3.02. The highest BCUT2D eigenvalue weighted by atomic mass is 16.6. The number of methoxy groups -OCH3 is 1. The zero-order valence-electron chi connectivity index (χ0n) is 13.3. The molecule has 0 spiro atoms. The van der Waals surface area contributed by atoms with E-state index in [0.29, 0.717) is 37.4 Å². The van der Waals surface area contributed by atoms with E-state index >= 15 is 0 Å². The molecule has 0 N–H and O–H groups in total. The van der Waals surface area contributed by atoms with Crippen LogP contribution in [0.25, 0.3) is 0 Å². The zero-order valence-corrected chi connectivity index (χ0v) is 13.3. The molecule has 0 saturated carbocycles. The molecule has 0 bridgehead atoms. The van der Waals surface area contributed by atoms with Crippen LogP contribution >= 0.6 is 0 Å². The standard InChI is InChI=1S/C17H24O5/c1-3-13-21-16(18)11-5-4-6-12-17(19)22-15-10-8-7-9-14(15)20-2/h7-10H,3-6,11-13H2,1-2H3. The van der Waals surface area contributed by atoms with E-state index in [2.05, 4.69) is 0 Å². The molecule has 0 aromatic heterocycles. The highest BCUT2D eigenvalue weighted by Gasteiger charge is 2.09. The maximum atomic E-state index is 11.7. The summed E-state index contributed by atoms with van der Waals surface area (Å²) in [6.45, 7) is 2.44. The SMILES string of the molecule is CCCOC(=O)CCCCCC(=O)Oc1ccccc1OC. The molecule has 0 fully saturated rings. The number of carbonyl (C=O) groups is 2. The van der Waals surface area contributed by atoms with Crippen molar-refractivity contribution in [1.29, 1.82) is 0 Å². The van der Waals surface area contributed by atoms with E-state index < -0.39 is 0 Å². The largest absolute Gasteiger partial charge is 0.493 e. The molecule has 5 heteroatoms. The third-order valence-electron chi connectivity index (χ3n) is 3.02. The van der Waals surface area contributed by atoms with Gasteiger partial charge in [0.2, 0.25) is 0 Å². The summed E-state index contributed by atoms with van der Waals surface area (Å²) in [7, 11) is 1.53. The Bertz CT molecular complexity index is 470. The zero-order chi connectivity index (χ0) is 16.2. The van der Waals surface area contributed by atoms with Gasteiger partial charge in [0, 0.05) is 12.8 Å². The Balaban J connectivity index is 2.17. The molecule has 0 atom stereocenters. The maximum Gasteiger partial charge on any atom is 0.311 e. The summed E-state index contributed by atoms with van der Waals surface area (Å²) in [4.78, 5) is 23.0. The van der Waals surface area contributed by atoms with Crippen molar-refractivity contribution in [1.82, 2.24) is 0 Å². The van der Waals surface area contributed by atoms with Gasteiger partial charge < -0.3 is 14.2 Å². The molecular formula is C17H24O5. The first-order valence-electron chi connectivity index (χ1n) is 7.66. The number of rotatable bonds is 10.